The number of hydrogen-bond donors (Lipinski definition) is 0. The zero-order chi connectivity index (χ0) is 23.6. The summed E-state index contributed by atoms with van der Waals surface area (Å²) in [5.74, 6) is -2.06. The van der Waals surface area contributed by atoms with Crippen molar-refractivity contribution in [1.82, 2.24) is 0 Å². The van der Waals surface area contributed by atoms with Crippen molar-refractivity contribution in [2.24, 2.45) is 0 Å². The number of nitrogens with zero attached hydrogens (tertiary/aromatic N) is 1. The summed E-state index contributed by atoms with van der Waals surface area (Å²) in [6, 6.07) is 0. The molecule has 0 aliphatic heterocycles. The van der Waals surface area contributed by atoms with Crippen LogP contribution in [0.5, 0.6) is 0 Å². The molecule has 0 aromatic carbocycles. The zero-order valence-corrected chi connectivity index (χ0v) is 17.5. The maximum absolute atomic E-state index is 13.0. The van der Waals surface area contributed by atoms with Gasteiger partial charge in [0, 0.05) is 0 Å². The van der Waals surface area contributed by atoms with Crippen molar-refractivity contribution in [3.05, 3.63) is 0 Å². The highest BCUT2D eigenvalue weighted by molar-refractivity contribution is 7.85. The van der Waals surface area contributed by atoms with E-state index in [-0.39, 0.29) is 0 Å². The van der Waals surface area contributed by atoms with E-state index >= 15 is 0 Å². The third-order valence-corrected chi connectivity index (χ3v) is 5.58. The van der Waals surface area contributed by atoms with E-state index in [1.54, 1.807) is 0 Å². The monoisotopic (exact) mass is 467 g/mol. The maximum atomic E-state index is 13.0. The zero-order valence-electron chi connectivity index (χ0n) is 16.7. The van der Waals surface area contributed by atoms with Gasteiger partial charge in [0.1, 0.15) is 6.17 Å². The van der Waals surface area contributed by atoms with Gasteiger partial charge in [-0.1, -0.05) is 0 Å². The van der Waals surface area contributed by atoms with Crippen molar-refractivity contribution in [3.8, 4) is 0 Å². The Bertz CT molecular complexity index is 519. The van der Waals surface area contributed by atoms with Crippen LogP contribution in [0.15, 0.2) is 0 Å². The molecule has 6 atom stereocenters. The van der Waals surface area contributed by atoms with Crippen LogP contribution in [-0.2, 0) is 10.1 Å². The van der Waals surface area contributed by atoms with Crippen LogP contribution in [0.2, 0.25) is 0 Å². The van der Waals surface area contributed by atoms with Crippen LogP contribution in [0, 0.1) is 0 Å². The Morgan fingerprint density at radius 3 is 1.21 bits per heavy atom. The van der Waals surface area contributed by atoms with Crippen LogP contribution in [0.25, 0.3) is 0 Å². The van der Waals surface area contributed by atoms with Crippen LogP contribution >= 0.6 is 0 Å². The lowest BCUT2D eigenvalue weighted by molar-refractivity contribution is -0.921. The Morgan fingerprint density at radius 1 is 0.655 bits per heavy atom. The standard InChI is InChI=1S/C8H10F8O3S.C8H20N/c9-2(1-20(17,18)19)3(10)4(11)5(12)6(13)7(14)8(15)16;1-5-9(6-2,7-3)8-4/h2-8H,1H2,(H,17,18,19);5-8H2,1-4H3/q;+1/p-1. The molecule has 178 valence electrons. The van der Waals surface area contributed by atoms with Gasteiger partial charge in [-0.15, -0.1) is 0 Å². The molecular weight excluding hydrogens is 438 g/mol. The van der Waals surface area contributed by atoms with Crippen LogP contribution in [0.3, 0.4) is 0 Å². The first-order valence-corrected chi connectivity index (χ1v) is 10.6. The number of quaternary nitrogens is 1. The second-order valence-corrected chi connectivity index (χ2v) is 7.85. The predicted octanol–water partition coefficient (Wildman–Crippen LogP) is 3.71. The highest BCUT2D eigenvalue weighted by atomic mass is 32.2. The minimum absolute atomic E-state index is 1.28. The molecule has 4 nitrogen and oxygen atoms in total. The van der Waals surface area contributed by atoms with Crippen molar-refractivity contribution in [2.45, 2.75) is 71.2 Å². The first-order valence-electron chi connectivity index (χ1n) is 9.04. The molecule has 6 unspecified atom stereocenters. The fraction of sp³-hybridized carbons (Fsp3) is 1.00. The maximum Gasteiger partial charge on any atom is 0.272 e. The lowest BCUT2D eigenvalue weighted by atomic mass is 10.0. The molecule has 0 saturated heterocycles. The second kappa shape index (κ2) is 13.6. The normalized spacial score (nSPS) is 19.0. The molecule has 0 aliphatic rings. The molecule has 29 heavy (non-hydrogen) atoms. The fourth-order valence-corrected chi connectivity index (χ4v) is 3.07. The largest absolute Gasteiger partial charge is 0.748 e. The summed E-state index contributed by atoms with van der Waals surface area (Å²) in [4.78, 5) is 0. The van der Waals surface area contributed by atoms with Gasteiger partial charge < -0.3 is 9.04 Å². The Kier molecular flexibility index (Phi) is 14.3. The summed E-state index contributed by atoms with van der Waals surface area (Å²) in [5.41, 5.74) is 0. The Morgan fingerprint density at radius 2 is 0.966 bits per heavy atom. The molecule has 0 saturated carbocycles. The van der Waals surface area contributed by atoms with Gasteiger partial charge in [0.05, 0.1) is 42.1 Å². The van der Waals surface area contributed by atoms with Gasteiger partial charge in [0.25, 0.3) is 6.43 Å². The number of halogens is 8. The third-order valence-electron chi connectivity index (χ3n) is 4.85. The fourth-order valence-electron chi connectivity index (χ4n) is 2.49. The van der Waals surface area contributed by atoms with E-state index < -0.39 is 59.3 Å². The SMILES string of the molecule is CC[N+](CC)(CC)CC.O=S(=O)([O-])CC(F)C(F)C(F)C(F)C(F)C(F)C(F)F. The molecule has 0 aromatic rings. The number of hydrogen-bond acceptors (Lipinski definition) is 3. The smallest absolute Gasteiger partial charge is 0.272 e. The summed E-state index contributed by atoms with van der Waals surface area (Å²) in [7, 11) is -5.32. The molecule has 0 amide bonds. The number of alkyl halides is 8. The van der Waals surface area contributed by atoms with Gasteiger partial charge >= 0.3 is 0 Å². The van der Waals surface area contributed by atoms with E-state index in [1.807, 2.05) is 0 Å². The lowest BCUT2D eigenvalue weighted by Gasteiger charge is -2.34. The van der Waals surface area contributed by atoms with Gasteiger partial charge in [0.15, 0.2) is 30.9 Å². The molecule has 0 spiro atoms. The number of rotatable bonds is 12. The summed E-state index contributed by atoms with van der Waals surface area (Å²) >= 11 is 0. The molecule has 0 fully saturated rings. The van der Waals surface area contributed by atoms with Gasteiger partial charge in [-0.2, -0.15) is 0 Å². The van der Waals surface area contributed by atoms with E-state index in [4.69, 9.17) is 0 Å². The topological polar surface area (TPSA) is 57.2 Å². The first kappa shape index (κ1) is 30.5. The minimum atomic E-state index is -5.32. The summed E-state index contributed by atoms with van der Waals surface area (Å²) in [6.07, 6.45) is -26.1. The molecule has 0 bridgehead atoms. The molecule has 0 aromatic heterocycles. The van der Waals surface area contributed by atoms with Gasteiger partial charge in [-0.05, 0) is 27.7 Å². The van der Waals surface area contributed by atoms with E-state index in [0.29, 0.717) is 0 Å². The van der Waals surface area contributed by atoms with E-state index in [2.05, 4.69) is 27.7 Å². The van der Waals surface area contributed by atoms with Crippen LogP contribution in [0.4, 0.5) is 35.1 Å². The highest BCUT2D eigenvalue weighted by Crippen LogP contribution is 2.26. The second-order valence-electron chi connectivity index (χ2n) is 6.40. The highest BCUT2D eigenvalue weighted by Gasteiger charge is 2.46. The van der Waals surface area contributed by atoms with Crippen LogP contribution in [-0.4, -0.2) is 92.8 Å². The van der Waals surface area contributed by atoms with Crippen molar-refractivity contribution in [1.29, 1.82) is 0 Å². The molecule has 13 heteroatoms. The van der Waals surface area contributed by atoms with Crippen LogP contribution in [0.1, 0.15) is 27.7 Å². The predicted molar refractivity (Wildman–Crippen MR) is 92.4 cm³/mol. The molecule has 0 aliphatic carbocycles. The van der Waals surface area contributed by atoms with E-state index in [1.165, 1.54) is 30.7 Å². The van der Waals surface area contributed by atoms with Gasteiger partial charge in [-0.25, -0.2) is 43.5 Å². The molecule has 0 N–H and O–H groups in total. The van der Waals surface area contributed by atoms with E-state index in [9.17, 15) is 48.1 Å². The Balaban J connectivity index is 0. The average Bonchev–Trinajstić information content (AvgIpc) is 2.66. The van der Waals surface area contributed by atoms with Crippen molar-refractivity contribution in [2.75, 3.05) is 31.9 Å². The average molecular weight is 467 g/mol. The summed E-state index contributed by atoms with van der Waals surface area (Å²) in [5, 5.41) is 0. The van der Waals surface area contributed by atoms with Crippen LogP contribution < -0.4 is 0 Å². The van der Waals surface area contributed by atoms with Crippen molar-refractivity contribution < 1.29 is 52.6 Å². The Labute approximate surface area is 166 Å². The minimum Gasteiger partial charge on any atom is -0.748 e. The quantitative estimate of drug-likeness (QED) is 0.250. The summed E-state index contributed by atoms with van der Waals surface area (Å²) < 4.78 is 131. The van der Waals surface area contributed by atoms with E-state index in [0.717, 1.165) is 0 Å². The summed E-state index contributed by atoms with van der Waals surface area (Å²) in [6.45, 7) is 14.2. The first-order chi connectivity index (χ1) is 13.1. The van der Waals surface area contributed by atoms with Gasteiger partial charge in [-0.3, -0.25) is 0 Å². The third kappa shape index (κ3) is 10.8. The molecular formula is C16H29F8NO3S. The van der Waals surface area contributed by atoms with Crippen molar-refractivity contribution >= 4 is 10.1 Å². The van der Waals surface area contributed by atoms with Gasteiger partial charge in [0.2, 0.25) is 0 Å². The molecule has 0 radical (unpaired) electrons. The van der Waals surface area contributed by atoms with Crippen molar-refractivity contribution in [3.63, 3.8) is 0 Å². The Hall–Kier alpha value is -0.690. The molecule has 0 rings (SSSR count). The lowest BCUT2D eigenvalue weighted by Crippen LogP contribution is -2.47. The molecule has 0 heterocycles.